The quantitative estimate of drug-likeness (QED) is 0.669. The zero-order valence-electron chi connectivity index (χ0n) is 12.0. The lowest BCUT2D eigenvalue weighted by Crippen LogP contribution is -2.60. The van der Waals surface area contributed by atoms with E-state index in [4.69, 9.17) is 0 Å². The van der Waals surface area contributed by atoms with Crippen LogP contribution in [0.25, 0.3) is 0 Å². The van der Waals surface area contributed by atoms with E-state index in [-0.39, 0.29) is 4.90 Å². The van der Waals surface area contributed by atoms with Crippen LogP contribution in [0.3, 0.4) is 0 Å². The molecule has 0 radical (unpaired) electrons. The molecule has 0 aromatic heterocycles. The normalized spacial score (nSPS) is 22.0. The third kappa shape index (κ3) is 2.79. The summed E-state index contributed by atoms with van der Waals surface area (Å²) in [5, 5.41) is 1.37. The molecule has 11 heteroatoms. The van der Waals surface area contributed by atoms with Crippen LogP contribution in [0.15, 0.2) is 24.3 Å². The second kappa shape index (κ2) is 5.65. The number of nitrogens with zero attached hydrogens (tertiary/aromatic N) is 1. The second-order valence-corrected chi connectivity index (χ2v) is 4.73. The molecule has 24 heavy (non-hydrogen) atoms. The Labute approximate surface area is 131 Å². The van der Waals surface area contributed by atoms with Crippen molar-refractivity contribution in [2.75, 3.05) is 11.5 Å². The topological polar surface area (TPSA) is 58.6 Å². The molecule has 2 rings (SSSR count). The van der Waals surface area contributed by atoms with Crippen molar-refractivity contribution in [1.82, 2.24) is 5.32 Å². The molecular weight excluding hydrogens is 346 g/mol. The first kappa shape index (κ1) is 18.0. The zero-order chi connectivity index (χ0) is 18.3. The molecule has 1 fully saturated rings. The van der Waals surface area contributed by atoms with Crippen LogP contribution in [0.4, 0.5) is 36.8 Å². The number of amides is 3. The van der Waals surface area contributed by atoms with E-state index in [0.29, 0.717) is 12.1 Å². The summed E-state index contributed by atoms with van der Waals surface area (Å²) >= 11 is 0. The number of carbonyl (C=O) groups excluding carboxylic acids is 2. The van der Waals surface area contributed by atoms with Crippen molar-refractivity contribution in [3.05, 3.63) is 29.8 Å². The molecule has 5 nitrogen and oxygen atoms in total. The lowest BCUT2D eigenvalue weighted by atomic mass is 10.1. The Morgan fingerprint density at radius 2 is 1.79 bits per heavy atom. The van der Waals surface area contributed by atoms with Crippen LogP contribution in [-0.2, 0) is 15.7 Å². The number of nitrogens with one attached hydrogen (secondary N) is 1. The van der Waals surface area contributed by atoms with Crippen LogP contribution < -0.4 is 10.2 Å². The number of alkyl halides is 6. The molecule has 1 saturated heterocycles. The van der Waals surface area contributed by atoms with Crippen LogP contribution in [0.5, 0.6) is 0 Å². The number of rotatable bonds is 3. The summed E-state index contributed by atoms with van der Waals surface area (Å²) in [6, 6.07) is 1.29. The maximum absolute atomic E-state index is 13.2. The monoisotopic (exact) mass is 356 g/mol. The van der Waals surface area contributed by atoms with Gasteiger partial charge in [0, 0.05) is 6.61 Å². The molecule has 1 aromatic carbocycles. The maximum Gasteiger partial charge on any atom is 0.446 e. The smallest absolute Gasteiger partial charge is 0.340 e. The summed E-state index contributed by atoms with van der Waals surface area (Å²) in [6.45, 7) is 0.599. The van der Waals surface area contributed by atoms with E-state index in [1.807, 2.05) is 0 Å². The summed E-state index contributed by atoms with van der Waals surface area (Å²) in [6.07, 6.45) is -10.1. The number of halogens is 6. The van der Waals surface area contributed by atoms with Crippen LogP contribution in [0.2, 0.25) is 0 Å². The van der Waals surface area contributed by atoms with E-state index in [2.05, 4.69) is 4.74 Å². The zero-order valence-corrected chi connectivity index (χ0v) is 12.0. The van der Waals surface area contributed by atoms with Crippen LogP contribution in [-0.4, -0.2) is 30.4 Å². The van der Waals surface area contributed by atoms with Gasteiger partial charge in [-0.2, -0.15) is 26.3 Å². The first-order valence-corrected chi connectivity index (χ1v) is 6.48. The van der Waals surface area contributed by atoms with Gasteiger partial charge < -0.3 is 4.74 Å². The number of hydrogen-bond donors (Lipinski definition) is 1. The van der Waals surface area contributed by atoms with Gasteiger partial charge in [0.2, 0.25) is 0 Å². The van der Waals surface area contributed by atoms with Gasteiger partial charge in [0.05, 0.1) is 11.3 Å². The summed E-state index contributed by atoms with van der Waals surface area (Å²) in [5.41, 5.74) is -5.51. The Balaban J connectivity index is 2.50. The predicted octanol–water partition coefficient (Wildman–Crippen LogP) is 3.06. The Morgan fingerprint density at radius 3 is 2.29 bits per heavy atom. The first-order valence-electron chi connectivity index (χ1n) is 6.48. The molecule has 0 spiro atoms. The highest BCUT2D eigenvalue weighted by atomic mass is 19.4. The van der Waals surface area contributed by atoms with Gasteiger partial charge in [-0.1, -0.05) is 6.07 Å². The molecule has 0 bridgehead atoms. The number of urea groups is 1. The van der Waals surface area contributed by atoms with Gasteiger partial charge >= 0.3 is 24.1 Å². The van der Waals surface area contributed by atoms with Crippen molar-refractivity contribution >= 4 is 17.6 Å². The van der Waals surface area contributed by atoms with Crippen molar-refractivity contribution in [3.8, 4) is 0 Å². The summed E-state index contributed by atoms with van der Waals surface area (Å²) in [4.78, 5) is 23.9. The number of benzene rings is 1. The molecule has 1 aliphatic rings. The molecule has 0 aliphatic carbocycles. The number of carbonyl (C=O) groups is 2. The lowest BCUT2D eigenvalue weighted by molar-refractivity contribution is -0.267. The highest BCUT2D eigenvalue weighted by molar-refractivity contribution is 6.23. The van der Waals surface area contributed by atoms with Gasteiger partial charge in [-0.25, -0.2) is 9.69 Å². The number of hydrogen-bond acceptors (Lipinski definition) is 3. The molecule has 132 valence electrons. The highest BCUT2D eigenvalue weighted by Crippen LogP contribution is 2.39. The third-order valence-electron chi connectivity index (χ3n) is 3.18. The molecule has 1 N–H and O–H groups in total. The second-order valence-electron chi connectivity index (χ2n) is 4.73. The van der Waals surface area contributed by atoms with Gasteiger partial charge in [0.1, 0.15) is 0 Å². The third-order valence-corrected chi connectivity index (χ3v) is 3.18. The lowest BCUT2D eigenvalue weighted by Gasteiger charge is -2.28. The van der Waals surface area contributed by atoms with Gasteiger partial charge in [0.15, 0.2) is 0 Å². The fraction of sp³-hybridized carbons (Fsp3) is 0.385. The fourth-order valence-electron chi connectivity index (χ4n) is 2.15. The van der Waals surface area contributed by atoms with Crippen LogP contribution in [0.1, 0.15) is 12.5 Å². The van der Waals surface area contributed by atoms with E-state index >= 15 is 0 Å². The number of imide groups is 1. The van der Waals surface area contributed by atoms with Crippen molar-refractivity contribution in [2.45, 2.75) is 25.0 Å². The van der Waals surface area contributed by atoms with Gasteiger partial charge in [0.25, 0.3) is 5.91 Å². The molecule has 1 unspecified atom stereocenters. The summed E-state index contributed by atoms with van der Waals surface area (Å²) in [5.74, 6) is -1.86. The SMILES string of the molecule is CCOC1(C(F)(F)F)NC(=O)N(c2cccc(C(F)(F)F)c2)C1=O. The average molecular weight is 356 g/mol. The van der Waals surface area contributed by atoms with E-state index in [1.54, 1.807) is 0 Å². The molecule has 0 saturated carbocycles. The number of anilines is 1. The minimum absolute atomic E-state index is 0.0294. The van der Waals surface area contributed by atoms with E-state index in [1.165, 1.54) is 12.2 Å². The van der Waals surface area contributed by atoms with Crippen LogP contribution >= 0.6 is 0 Å². The fourth-order valence-corrected chi connectivity index (χ4v) is 2.15. The Morgan fingerprint density at radius 1 is 1.17 bits per heavy atom. The van der Waals surface area contributed by atoms with E-state index in [0.717, 1.165) is 12.1 Å². The molecule has 1 aromatic rings. The van der Waals surface area contributed by atoms with Crippen molar-refractivity contribution < 1.29 is 40.7 Å². The molecular formula is C13H10F6N2O3. The van der Waals surface area contributed by atoms with E-state index < -0.39 is 47.9 Å². The van der Waals surface area contributed by atoms with Crippen LogP contribution in [0, 0.1) is 0 Å². The Bertz CT molecular complexity index is 672. The van der Waals surface area contributed by atoms with Gasteiger partial charge in [-0.15, -0.1) is 0 Å². The van der Waals surface area contributed by atoms with Gasteiger partial charge in [-0.05, 0) is 25.1 Å². The molecule has 1 atom stereocenters. The molecule has 3 amide bonds. The minimum atomic E-state index is -5.30. The maximum atomic E-state index is 13.2. The minimum Gasteiger partial charge on any atom is -0.340 e. The molecule has 1 aliphatic heterocycles. The highest BCUT2D eigenvalue weighted by Gasteiger charge is 2.69. The standard InChI is InChI=1S/C13H10F6N2O3/c1-2-24-11(13(17,18)19)9(22)21(10(23)20-11)8-5-3-4-7(6-8)12(14,15)16/h3-6H,2H2,1H3,(H,20,23). The largest absolute Gasteiger partial charge is 0.446 e. The van der Waals surface area contributed by atoms with Gasteiger partial charge in [-0.3, -0.25) is 10.1 Å². The van der Waals surface area contributed by atoms with Crippen molar-refractivity contribution in [3.63, 3.8) is 0 Å². The van der Waals surface area contributed by atoms with Crippen molar-refractivity contribution in [2.24, 2.45) is 0 Å². The Hall–Kier alpha value is -2.30. The summed E-state index contributed by atoms with van der Waals surface area (Å²) < 4.78 is 82.2. The number of ether oxygens (including phenoxy) is 1. The molecule has 1 heterocycles. The Kier molecular flexibility index (Phi) is 4.25. The first-order chi connectivity index (χ1) is 10.9. The summed E-state index contributed by atoms with van der Waals surface area (Å²) in [7, 11) is 0. The van der Waals surface area contributed by atoms with Crippen molar-refractivity contribution in [1.29, 1.82) is 0 Å². The van der Waals surface area contributed by atoms with E-state index in [9.17, 15) is 35.9 Å². The average Bonchev–Trinajstić information content (AvgIpc) is 2.70. The predicted molar refractivity (Wildman–Crippen MR) is 67.9 cm³/mol.